The summed E-state index contributed by atoms with van der Waals surface area (Å²) in [7, 11) is 2.86. The van der Waals surface area contributed by atoms with Crippen LogP contribution in [0.15, 0.2) is 12.1 Å². The molecule has 0 aliphatic heterocycles. The largest absolute Gasteiger partial charge is 0.494 e. The molecule has 0 amide bonds. The molecule has 0 spiro atoms. The molecule has 1 aromatic rings. The maximum Gasteiger partial charge on any atom is 0.179 e. The summed E-state index contributed by atoms with van der Waals surface area (Å²) in [5.41, 5.74) is 0.236. The van der Waals surface area contributed by atoms with Gasteiger partial charge in [-0.2, -0.15) is 5.26 Å². The Morgan fingerprint density at radius 1 is 1.38 bits per heavy atom. The van der Waals surface area contributed by atoms with Crippen LogP contribution in [0, 0.1) is 23.1 Å². The second-order valence-electron chi connectivity index (χ2n) is 3.35. The number of nitriles is 1. The molecular weight excluding hydrogens is 214 g/mol. The molecular formula is C11H12F2N2O. The first-order valence-electron chi connectivity index (χ1n) is 4.71. The lowest BCUT2D eigenvalue weighted by Crippen LogP contribution is -2.15. The van der Waals surface area contributed by atoms with Crippen LogP contribution < -0.4 is 4.74 Å². The van der Waals surface area contributed by atoms with E-state index in [0.717, 1.165) is 12.1 Å². The van der Waals surface area contributed by atoms with Gasteiger partial charge in [0.05, 0.1) is 7.11 Å². The van der Waals surface area contributed by atoms with Crippen molar-refractivity contribution in [2.75, 3.05) is 20.7 Å². The second-order valence-corrected chi connectivity index (χ2v) is 3.35. The molecule has 3 nitrogen and oxygen atoms in total. The lowest BCUT2D eigenvalue weighted by atomic mass is 10.1. The van der Waals surface area contributed by atoms with Gasteiger partial charge < -0.3 is 9.64 Å². The fourth-order valence-electron chi connectivity index (χ4n) is 1.26. The third-order valence-corrected chi connectivity index (χ3v) is 2.21. The number of halogens is 2. The molecule has 1 aromatic carbocycles. The van der Waals surface area contributed by atoms with Gasteiger partial charge in [0, 0.05) is 19.7 Å². The number of ether oxygens (including phenoxy) is 1. The highest BCUT2D eigenvalue weighted by molar-refractivity contribution is 5.31. The predicted molar refractivity (Wildman–Crippen MR) is 54.9 cm³/mol. The molecule has 0 radical (unpaired) electrons. The Kier molecular flexibility index (Phi) is 4.06. The summed E-state index contributed by atoms with van der Waals surface area (Å²) in [6.07, 6.45) is 2.16. The molecule has 0 saturated heterocycles. The molecule has 0 aromatic heterocycles. The summed E-state index contributed by atoms with van der Waals surface area (Å²) in [5.74, 6) is -1.24. The van der Waals surface area contributed by atoms with Crippen LogP contribution in [-0.4, -0.2) is 25.6 Å². The monoisotopic (exact) mass is 226 g/mol. The highest BCUT2D eigenvalue weighted by atomic mass is 19.1. The van der Waals surface area contributed by atoms with Gasteiger partial charge in [-0.1, -0.05) is 0 Å². The molecule has 86 valence electrons. The molecule has 5 heteroatoms. The van der Waals surface area contributed by atoms with Crippen molar-refractivity contribution in [3.63, 3.8) is 0 Å². The molecule has 0 saturated carbocycles. The fraction of sp³-hybridized carbons (Fsp3) is 0.364. The first-order chi connectivity index (χ1) is 7.58. The number of nitrogens with zero attached hydrogens (tertiary/aromatic N) is 2. The van der Waals surface area contributed by atoms with E-state index in [1.54, 1.807) is 7.05 Å². The number of benzene rings is 1. The Morgan fingerprint density at radius 3 is 2.62 bits per heavy atom. The van der Waals surface area contributed by atoms with E-state index in [4.69, 9.17) is 5.26 Å². The van der Waals surface area contributed by atoms with Crippen molar-refractivity contribution in [2.45, 2.75) is 6.42 Å². The maximum absolute atomic E-state index is 13.4. The van der Waals surface area contributed by atoms with Gasteiger partial charge in [0.25, 0.3) is 0 Å². The third-order valence-electron chi connectivity index (χ3n) is 2.21. The van der Waals surface area contributed by atoms with Crippen LogP contribution in [0.5, 0.6) is 5.75 Å². The highest BCUT2D eigenvalue weighted by Gasteiger charge is 2.10. The Labute approximate surface area is 92.9 Å². The minimum absolute atomic E-state index is 0.116. The predicted octanol–water partition coefficient (Wildman–Crippen LogP) is 1.93. The van der Waals surface area contributed by atoms with E-state index in [9.17, 15) is 8.78 Å². The Morgan fingerprint density at radius 2 is 2.06 bits per heavy atom. The van der Waals surface area contributed by atoms with Gasteiger partial charge in [-0.3, -0.25) is 0 Å². The smallest absolute Gasteiger partial charge is 0.179 e. The van der Waals surface area contributed by atoms with Gasteiger partial charge in [-0.15, -0.1) is 0 Å². The van der Waals surface area contributed by atoms with E-state index < -0.39 is 11.6 Å². The van der Waals surface area contributed by atoms with E-state index in [2.05, 4.69) is 4.74 Å². The Bertz CT molecular complexity index is 415. The second kappa shape index (κ2) is 5.31. The van der Waals surface area contributed by atoms with Crippen molar-refractivity contribution in [3.05, 3.63) is 29.3 Å². The topological polar surface area (TPSA) is 36.3 Å². The Balaban J connectivity index is 2.82. The van der Waals surface area contributed by atoms with Crippen molar-refractivity contribution in [1.29, 1.82) is 5.26 Å². The van der Waals surface area contributed by atoms with E-state index in [1.165, 1.54) is 12.0 Å². The summed E-state index contributed by atoms with van der Waals surface area (Å²) in [5, 5.41) is 8.51. The van der Waals surface area contributed by atoms with Crippen molar-refractivity contribution in [3.8, 4) is 11.9 Å². The average molecular weight is 226 g/mol. The zero-order valence-electron chi connectivity index (χ0n) is 9.13. The van der Waals surface area contributed by atoms with Gasteiger partial charge in [0.2, 0.25) is 0 Å². The molecule has 16 heavy (non-hydrogen) atoms. The van der Waals surface area contributed by atoms with E-state index in [0.29, 0.717) is 6.54 Å². The van der Waals surface area contributed by atoms with Crippen molar-refractivity contribution < 1.29 is 13.5 Å². The van der Waals surface area contributed by atoms with Crippen LogP contribution in [0.4, 0.5) is 8.78 Å². The van der Waals surface area contributed by atoms with Crippen molar-refractivity contribution >= 4 is 0 Å². The first kappa shape index (κ1) is 12.2. The maximum atomic E-state index is 13.4. The molecule has 0 atom stereocenters. The Hall–Kier alpha value is -1.83. The van der Waals surface area contributed by atoms with E-state index in [1.807, 2.05) is 6.19 Å². The van der Waals surface area contributed by atoms with Crippen LogP contribution in [0.25, 0.3) is 0 Å². The molecule has 0 unspecified atom stereocenters. The quantitative estimate of drug-likeness (QED) is 0.581. The molecule has 0 aliphatic carbocycles. The first-order valence-corrected chi connectivity index (χ1v) is 4.71. The van der Waals surface area contributed by atoms with Gasteiger partial charge >= 0.3 is 0 Å². The van der Waals surface area contributed by atoms with Gasteiger partial charge in [0.1, 0.15) is 5.82 Å². The normalized spacial score (nSPS) is 9.69. The SMILES string of the molecule is COc1cc(F)c(CCN(C)C#N)cc1F. The van der Waals surface area contributed by atoms with Gasteiger partial charge in [-0.05, 0) is 18.1 Å². The number of rotatable bonds is 4. The highest BCUT2D eigenvalue weighted by Crippen LogP contribution is 2.21. The average Bonchev–Trinajstić information content (AvgIpc) is 2.29. The van der Waals surface area contributed by atoms with Crippen LogP contribution in [0.1, 0.15) is 5.56 Å². The third kappa shape index (κ3) is 2.83. The van der Waals surface area contributed by atoms with E-state index in [-0.39, 0.29) is 17.7 Å². The summed E-state index contributed by atoms with van der Waals surface area (Å²) in [6.45, 7) is 0.346. The van der Waals surface area contributed by atoms with Crippen LogP contribution in [0.3, 0.4) is 0 Å². The number of hydrogen-bond acceptors (Lipinski definition) is 3. The molecule has 1 rings (SSSR count). The summed E-state index contributed by atoms with van der Waals surface area (Å²) < 4.78 is 31.3. The molecule has 0 bridgehead atoms. The lowest BCUT2D eigenvalue weighted by molar-refractivity contribution is 0.381. The standard InChI is InChI=1S/C11H12F2N2O/c1-15(7-14)4-3-8-5-10(13)11(16-2)6-9(8)12/h5-6H,3-4H2,1-2H3. The van der Waals surface area contributed by atoms with Gasteiger partial charge in [-0.25, -0.2) is 8.78 Å². The van der Waals surface area contributed by atoms with Crippen molar-refractivity contribution in [1.82, 2.24) is 4.90 Å². The zero-order chi connectivity index (χ0) is 12.1. The minimum Gasteiger partial charge on any atom is -0.494 e. The minimum atomic E-state index is -0.599. The molecule has 0 aliphatic rings. The van der Waals surface area contributed by atoms with Crippen LogP contribution in [-0.2, 0) is 6.42 Å². The molecule has 0 N–H and O–H groups in total. The zero-order valence-corrected chi connectivity index (χ0v) is 9.13. The van der Waals surface area contributed by atoms with Crippen molar-refractivity contribution in [2.24, 2.45) is 0 Å². The summed E-state index contributed by atoms with van der Waals surface area (Å²) in [6, 6.07) is 2.11. The lowest BCUT2D eigenvalue weighted by Gasteiger charge is -2.10. The van der Waals surface area contributed by atoms with Gasteiger partial charge in [0.15, 0.2) is 17.8 Å². The molecule has 0 fully saturated rings. The summed E-state index contributed by atoms with van der Waals surface area (Å²) >= 11 is 0. The van der Waals surface area contributed by atoms with E-state index >= 15 is 0 Å². The number of likely N-dealkylation sites (N-methyl/N-ethyl adjacent to an activating group) is 1. The number of methoxy groups -OCH3 is 1. The van der Waals surface area contributed by atoms with Crippen LogP contribution in [0.2, 0.25) is 0 Å². The fourth-order valence-corrected chi connectivity index (χ4v) is 1.26. The molecule has 0 heterocycles. The summed E-state index contributed by atoms with van der Waals surface area (Å²) in [4.78, 5) is 1.35. The van der Waals surface area contributed by atoms with Crippen LogP contribution >= 0.6 is 0 Å². The number of hydrogen-bond donors (Lipinski definition) is 0.